The molecule has 0 aliphatic heterocycles. The molecular weight excluding hydrogens is 276 g/mol. The van der Waals surface area contributed by atoms with E-state index in [9.17, 15) is 13.9 Å². The maximum absolute atomic E-state index is 13.9. The minimum absolute atomic E-state index is 0.0213. The molecule has 2 aromatic carbocycles. The third-order valence-corrected chi connectivity index (χ3v) is 3.18. The van der Waals surface area contributed by atoms with Crippen molar-refractivity contribution >= 4 is 0 Å². The molecule has 21 heavy (non-hydrogen) atoms. The van der Waals surface area contributed by atoms with Crippen LogP contribution in [0.15, 0.2) is 53.1 Å². The van der Waals surface area contributed by atoms with E-state index in [1.165, 1.54) is 6.07 Å². The molecule has 106 valence electrons. The van der Waals surface area contributed by atoms with Crippen molar-refractivity contribution in [1.29, 1.82) is 0 Å². The minimum atomic E-state index is -0.752. The van der Waals surface area contributed by atoms with Gasteiger partial charge in [-0.05, 0) is 12.1 Å². The second-order valence-electron chi connectivity index (χ2n) is 4.46. The van der Waals surface area contributed by atoms with E-state index < -0.39 is 18.2 Å². The van der Waals surface area contributed by atoms with Crippen molar-refractivity contribution in [3.63, 3.8) is 0 Å². The number of aliphatic hydroxyl groups is 1. The molecule has 0 radical (unpaired) electrons. The summed E-state index contributed by atoms with van der Waals surface area (Å²) in [7, 11) is 0. The molecule has 3 nitrogen and oxygen atoms in total. The molecule has 0 aliphatic carbocycles. The van der Waals surface area contributed by atoms with Gasteiger partial charge >= 0.3 is 0 Å². The molecule has 3 aromatic rings. The Bertz CT molecular complexity index is 749. The zero-order valence-corrected chi connectivity index (χ0v) is 10.9. The van der Waals surface area contributed by atoms with E-state index >= 15 is 0 Å². The van der Waals surface area contributed by atoms with E-state index in [4.69, 9.17) is 4.52 Å². The Labute approximate surface area is 119 Å². The van der Waals surface area contributed by atoms with E-state index in [0.29, 0.717) is 11.3 Å². The maximum Gasteiger partial charge on any atom is 0.173 e. The lowest BCUT2D eigenvalue weighted by atomic mass is 10.0. The van der Waals surface area contributed by atoms with E-state index in [2.05, 4.69) is 5.16 Å². The molecule has 0 fully saturated rings. The van der Waals surface area contributed by atoms with Gasteiger partial charge in [-0.25, -0.2) is 8.78 Å². The summed E-state index contributed by atoms with van der Waals surface area (Å²) in [5.41, 5.74) is 0.613. The Morgan fingerprint density at radius 2 is 1.62 bits per heavy atom. The molecule has 5 heteroatoms. The summed E-state index contributed by atoms with van der Waals surface area (Å²) in [6.07, 6.45) is 0. The predicted molar refractivity (Wildman–Crippen MR) is 73.2 cm³/mol. The monoisotopic (exact) mass is 287 g/mol. The molecule has 3 rings (SSSR count). The van der Waals surface area contributed by atoms with Crippen molar-refractivity contribution in [3.8, 4) is 22.6 Å². The third-order valence-electron chi connectivity index (χ3n) is 3.18. The lowest BCUT2D eigenvalue weighted by Crippen LogP contribution is -1.94. The first-order valence-corrected chi connectivity index (χ1v) is 6.31. The van der Waals surface area contributed by atoms with Crippen LogP contribution in [0.4, 0.5) is 8.78 Å². The molecule has 0 atom stereocenters. The van der Waals surface area contributed by atoms with Gasteiger partial charge in [0.05, 0.1) is 17.7 Å². The Morgan fingerprint density at radius 1 is 0.952 bits per heavy atom. The molecule has 1 aromatic heterocycles. The fraction of sp³-hybridized carbons (Fsp3) is 0.0625. The molecule has 1 N–H and O–H groups in total. The smallest absolute Gasteiger partial charge is 0.173 e. The standard InChI is InChI=1S/C16H11F2NO2/c17-12-7-4-8-13(18)14(12)15-11(9-20)16(21-19-15)10-5-2-1-3-6-10/h1-8,20H,9H2. The fourth-order valence-electron chi connectivity index (χ4n) is 2.19. The first kappa shape index (κ1) is 13.5. The first-order valence-electron chi connectivity index (χ1n) is 6.31. The van der Waals surface area contributed by atoms with Crippen molar-refractivity contribution in [3.05, 3.63) is 65.7 Å². The van der Waals surface area contributed by atoms with Crippen molar-refractivity contribution in [2.75, 3.05) is 0 Å². The van der Waals surface area contributed by atoms with E-state index in [0.717, 1.165) is 12.1 Å². The number of aliphatic hydroxyl groups excluding tert-OH is 1. The lowest BCUT2D eigenvalue weighted by Gasteiger charge is -2.03. The molecular formula is C16H11F2NO2. The zero-order chi connectivity index (χ0) is 14.8. The van der Waals surface area contributed by atoms with Gasteiger partial charge in [0.1, 0.15) is 17.3 Å². The van der Waals surface area contributed by atoms with Crippen LogP contribution in [0.2, 0.25) is 0 Å². The van der Waals surface area contributed by atoms with Gasteiger partial charge in [0.15, 0.2) is 5.76 Å². The number of hydrogen-bond donors (Lipinski definition) is 1. The predicted octanol–water partition coefficient (Wildman–Crippen LogP) is 3.78. The highest BCUT2D eigenvalue weighted by molar-refractivity contribution is 5.73. The average molecular weight is 287 g/mol. The van der Waals surface area contributed by atoms with Gasteiger partial charge in [-0.2, -0.15) is 0 Å². The summed E-state index contributed by atoms with van der Waals surface area (Å²) in [6, 6.07) is 12.5. The SMILES string of the molecule is OCc1c(-c2c(F)cccc2F)noc1-c1ccccc1. The summed E-state index contributed by atoms with van der Waals surface area (Å²) >= 11 is 0. The summed E-state index contributed by atoms with van der Waals surface area (Å²) in [5, 5.41) is 13.3. The second-order valence-corrected chi connectivity index (χ2v) is 4.46. The number of halogens is 2. The summed E-state index contributed by atoms with van der Waals surface area (Å²) in [6.45, 7) is -0.434. The lowest BCUT2D eigenvalue weighted by molar-refractivity contribution is 0.281. The van der Waals surface area contributed by atoms with Gasteiger partial charge in [-0.1, -0.05) is 41.6 Å². The van der Waals surface area contributed by atoms with E-state index in [1.54, 1.807) is 24.3 Å². The largest absolute Gasteiger partial charge is 0.391 e. The van der Waals surface area contributed by atoms with Crippen molar-refractivity contribution < 1.29 is 18.4 Å². The number of nitrogens with zero attached hydrogens (tertiary/aromatic N) is 1. The van der Waals surface area contributed by atoms with Gasteiger partial charge in [0.25, 0.3) is 0 Å². The van der Waals surface area contributed by atoms with Crippen LogP contribution in [0.25, 0.3) is 22.6 Å². The number of aromatic nitrogens is 1. The molecule has 0 unspecified atom stereocenters. The van der Waals surface area contributed by atoms with Crippen LogP contribution < -0.4 is 0 Å². The van der Waals surface area contributed by atoms with Crippen LogP contribution in [-0.4, -0.2) is 10.3 Å². The second kappa shape index (κ2) is 5.46. The number of hydrogen-bond acceptors (Lipinski definition) is 3. The minimum Gasteiger partial charge on any atom is -0.391 e. The van der Waals surface area contributed by atoms with Crippen LogP contribution in [-0.2, 0) is 6.61 Å². The van der Waals surface area contributed by atoms with Gasteiger partial charge in [0.2, 0.25) is 0 Å². The topological polar surface area (TPSA) is 46.3 Å². The third kappa shape index (κ3) is 2.32. The summed E-state index contributed by atoms with van der Waals surface area (Å²) in [5.74, 6) is -1.20. The van der Waals surface area contributed by atoms with Gasteiger partial charge < -0.3 is 9.63 Å². The number of rotatable bonds is 3. The molecule has 0 spiro atoms. The molecule has 1 heterocycles. The fourth-order valence-corrected chi connectivity index (χ4v) is 2.19. The Hall–Kier alpha value is -2.53. The molecule has 0 amide bonds. The first-order chi connectivity index (χ1) is 10.2. The zero-order valence-electron chi connectivity index (χ0n) is 10.9. The van der Waals surface area contributed by atoms with Crippen LogP contribution >= 0.6 is 0 Å². The molecule has 0 aliphatic rings. The van der Waals surface area contributed by atoms with E-state index in [1.807, 2.05) is 6.07 Å². The quantitative estimate of drug-likeness (QED) is 0.797. The molecule has 0 saturated heterocycles. The summed E-state index contributed by atoms with van der Waals surface area (Å²) < 4.78 is 32.9. The Morgan fingerprint density at radius 3 is 2.24 bits per heavy atom. The van der Waals surface area contributed by atoms with E-state index in [-0.39, 0.29) is 16.8 Å². The van der Waals surface area contributed by atoms with Gasteiger partial charge in [-0.3, -0.25) is 0 Å². The maximum atomic E-state index is 13.9. The normalized spacial score (nSPS) is 10.8. The van der Waals surface area contributed by atoms with Gasteiger partial charge in [-0.15, -0.1) is 0 Å². The number of benzene rings is 2. The van der Waals surface area contributed by atoms with Gasteiger partial charge in [0, 0.05) is 5.56 Å². The Kier molecular flexibility index (Phi) is 3.50. The summed E-state index contributed by atoms with van der Waals surface area (Å²) in [4.78, 5) is 0. The van der Waals surface area contributed by atoms with Crippen LogP contribution in [0.5, 0.6) is 0 Å². The molecule has 0 bridgehead atoms. The Balaban J connectivity index is 2.20. The average Bonchev–Trinajstić information content (AvgIpc) is 2.91. The van der Waals surface area contributed by atoms with Crippen molar-refractivity contribution in [1.82, 2.24) is 5.16 Å². The highest BCUT2D eigenvalue weighted by Crippen LogP contribution is 2.34. The van der Waals surface area contributed by atoms with Crippen LogP contribution in [0.1, 0.15) is 5.56 Å². The highest BCUT2D eigenvalue weighted by atomic mass is 19.1. The van der Waals surface area contributed by atoms with Crippen molar-refractivity contribution in [2.45, 2.75) is 6.61 Å². The van der Waals surface area contributed by atoms with Crippen LogP contribution in [0, 0.1) is 11.6 Å². The molecule has 0 saturated carbocycles. The van der Waals surface area contributed by atoms with Crippen molar-refractivity contribution in [2.24, 2.45) is 0 Å². The highest BCUT2D eigenvalue weighted by Gasteiger charge is 2.23. The van der Waals surface area contributed by atoms with Crippen LogP contribution in [0.3, 0.4) is 0 Å².